The van der Waals surface area contributed by atoms with Gasteiger partial charge in [-0.3, -0.25) is 9.59 Å². The lowest BCUT2D eigenvalue weighted by Gasteiger charge is -2.09. The van der Waals surface area contributed by atoms with Crippen molar-refractivity contribution in [2.45, 2.75) is 13.3 Å². The van der Waals surface area contributed by atoms with Crippen molar-refractivity contribution in [1.29, 1.82) is 0 Å². The third-order valence-corrected chi connectivity index (χ3v) is 5.58. The van der Waals surface area contributed by atoms with Gasteiger partial charge in [-0.05, 0) is 48.9 Å². The average Bonchev–Trinajstić information content (AvgIpc) is 3.16. The fraction of sp³-hybridized carbons (Fsp3) is 0.125. The molecule has 0 aliphatic carbocycles. The Labute approximate surface area is 178 Å². The third kappa shape index (κ3) is 4.90. The van der Waals surface area contributed by atoms with Crippen LogP contribution in [0.25, 0.3) is 10.2 Å². The molecule has 150 valence electrons. The zero-order valence-corrected chi connectivity index (χ0v) is 17.2. The highest BCUT2D eigenvalue weighted by atomic mass is 32.1. The second kappa shape index (κ2) is 8.88. The maximum Gasteiger partial charge on any atom is 0.262 e. The zero-order valence-electron chi connectivity index (χ0n) is 16.4. The SMILES string of the molecule is CC(=O)c1cccc(OCC(=O)Nc2ccc(Cc3nc4ccccc4s3)cc2)c1. The van der Waals surface area contributed by atoms with E-state index >= 15 is 0 Å². The molecule has 0 aliphatic rings. The number of hydrogen-bond donors (Lipinski definition) is 1. The molecule has 1 amide bonds. The molecule has 30 heavy (non-hydrogen) atoms. The summed E-state index contributed by atoms with van der Waals surface area (Å²) in [5, 5.41) is 3.88. The summed E-state index contributed by atoms with van der Waals surface area (Å²) in [7, 11) is 0. The number of nitrogens with one attached hydrogen (secondary N) is 1. The molecular formula is C24H20N2O3S. The fourth-order valence-corrected chi connectivity index (χ4v) is 4.03. The van der Waals surface area contributed by atoms with Crippen LogP contribution >= 0.6 is 11.3 Å². The molecule has 0 aliphatic heterocycles. The molecule has 1 aromatic heterocycles. The zero-order chi connectivity index (χ0) is 20.9. The van der Waals surface area contributed by atoms with Gasteiger partial charge in [-0.15, -0.1) is 11.3 Å². The van der Waals surface area contributed by atoms with Crippen LogP contribution in [0.4, 0.5) is 5.69 Å². The van der Waals surface area contributed by atoms with E-state index in [1.807, 2.05) is 42.5 Å². The smallest absolute Gasteiger partial charge is 0.262 e. The van der Waals surface area contributed by atoms with Crippen molar-refractivity contribution in [2.75, 3.05) is 11.9 Å². The lowest BCUT2D eigenvalue weighted by molar-refractivity contribution is -0.118. The van der Waals surface area contributed by atoms with E-state index in [0.29, 0.717) is 17.0 Å². The molecule has 4 aromatic rings. The van der Waals surface area contributed by atoms with Crippen molar-refractivity contribution in [3.8, 4) is 5.75 Å². The van der Waals surface area contributed by atoms with E-state index in [0.717, 1.165) is 22.5 Å². The third-order valence-electron chi connectivity index (χ3n) is 4.54. The number of Topliss-reactive ketones (excluding diaryl/α,β-unsaturated/α-hetero) is 1. The Bertz CT molecular complexity index is 1170. The van der Waals surface area contributed by atoms with E-state index in [-0.39, 0.29) is 18.3 Å². The minimum Gasteiger partial charge on any atom is -0.484 e. The highest BCUT2D eigenvalue weighted by Crippen LogP contribution is 2.24. The van der Waals surface area contributed by atoms with Gasteiger partial charge in [0.05, 0.1) is 15.2 Å². The second-order valence-corrected chi connectivity index (χ2v) is 7.99. The quantitative estimate of drug-likeness (QED) is 0.425. The van der Waals surface area contributed by atoms with Gasteiger partial charge in [0.15, 0.2) is 12.4 Å². The van der Waals surface area contributed by atoms with Crippen LogP contribution in [0, 0.1) is 0 Å². The number of carbonyl (C=O) groups is 2. The van der Waals surface area contributed by atoms with Gasteiger partial charge >= 0.3 is 0 Å². The summed E-state index contributed by atoms with van der Waals surface area (Å²) in [6, 6.07) is 22.6. The molecule has 1 N–H and O–H groups in total. The molecule has 0 spiro atoms. The van der Waals surface area contributed by atoms with Crippen molar-refractivity contribution >= 4 is 38.9 Å². The van der Waals surface area contributed by atoms with Crippen LogP contribution in [0.3, 0.4) is 0 Å². The van der Waals surface area contributed by atoms with Crippen molar-refractivity contribution in [3.05, 3.63) is 88.9 Å². The number of thiazole rings is 1. The van der Waals surface area contributed by atoms with Crippen LogP contribution in [0.5, 0.6) is 5.75 Å². The molecule has 0 saturated heterocycles. The molecule has 3 aromatic carbocycles. The number of carbonyl (C=O) groups excluding carboxylic acids is 2. The summed E-state index contributed by atoms with van der Waals surface area (Å²) in [5.74, 6) is 0.182. The predicted octanol–water partition coefficient (Wildman–Crippen LogP) is 5.11. The molecular weight excluding hydrogens is 396 g/mol. The summed E-state index contributed by atoms with van der Waals surface area (Å²) in [5.41, 5.74) is 3.41. The number of hydrogen-bond acceptors (Lipinski definition) is 5. The van der Waals surface area contributed by atoms with Crippen LogP contribution in [-0.2, 0) is 11.2 Å². The number of fused-ring (bicyclic) bond motifs is 1. The Hall–Kier alpha value is -3.51. The Kier molecular flexibility index (Phi) is 5.86. The second-order valence-electron chi connectivity index (χ2n) is 6.87. The number of ketones is 1. The molecule has 0 radical (unpaired) electrons. The standard InChI is InChI=1S/C24H20N2O3S/c1-16(27)18-5-4-6-20(14-18)29-15-23(28)25-19-11-9-17(10-12-19)13-24-26-21-7-2-3-8-22(21)30-24/h2-12,14H,13,15H2,1H3,(H,25,28). The van der Waals surface area contributed by atoms with Crippen LogP contribution in [0.1, 0.15) is 27.9 Å². The fourth-order valence-electron chi connectivity index (χ4n) is 3.03. The van der Waals surface area contributed by atoms with E-state index in [4.69, 9.17) is 4.74 Å². The lowest BCUT2D eigenvalue weighted by atomic mass is 10.1. The van der Waals surface area contributed by atoms with Crippen LogP contribution in [0.15, 0.2) is 72.8 Å². The number of rotatable bonds is 7. The maximum absolute atomic E-state index is 12.2. The normalized spacial score (nSPS) is 10.7. The first-order valence-corrected chi connectivity index (χ1v) is 10.4. The Morgan fingerprint density at radius 3 is 2.57 bits per heavy atom. The monoisotopic (exact) mass is 416 g/mol. The Balaban J connectivity index is 1.32. The van der Waals surface area contributed by atoms with Crippen molar-refractivity contribution < 1.29 is 14.3 Å². The minimum absolute atomic E-state index is 0.0455. The number of ether oxygens (including phenoxy) is 1. The van der Waals surface area contributed by atoms with Gasteiger partial charge in [0.25, 0.3) is 5.91 Å². The van der Waals surface area contributed by atoms with E-state index in [2.05, 4.69) is 16.4 Å². The molecule has 1 heterocycles. The van der Waals surface area contributed by atoms with Gasteiger partial charge < -0.3 is 10.1 Å². The number of anilines is 1. The number of aromatic nitrogens is 1. The van der Waals surface area contributed by atoms with Crippen molar-refractivity contribution in [1.82, 2.24) is 4.98 Å². The highest BCUT2D eigenvalue weighted by molar-refractivity contribution is 7.18. The first kappa shape index (κ1) is 19.8. The number of nitrogens with zero attached hydrogens (tertiary/aromatic N) is 1. The van der Waals surface area contributed by atoms with E-state index in [9.17, 15) is 9.59 Å². The van der Waals surface area contributed by atoms with Gasteiger partial charge in [-0.1, -0.05) is 36.4 Å². The molecule has 0 unspecified atom stereocenters. The molecule has 0 bridgehead atoms. The summed E-state index contributed by atoms with van der Waals surface area (Å²) < 4.78 is 6.68. The summed E-state index contributed by atoms with van der Waals surface area (Å²) in [4.78, 5) is 28.3. The number of benzene rings is 3. The number of para-hydroxylation sites is 1. The molecule has 4 rings (SSSR count). The highest BCUT2D eigenvalue weighted by Gasteiger charge is 2.07. The van der Waals surface area contributed by atoms with Crippen LogP contribution in [0.2, 0.25) is 0 Å². The molecule has 0 atom stereocenters. The topological polar surface area (TPSA) is 68.3 Å². The summed E-state index contributed by atoms with van der Waals surface area (Å²) in [6.45, 7) is 1.36. The Morgan fingerprint density at radius 1 is 1.00 bits per heavy atom. The van der Waals surface area contributed by atoms with Crippen LogP contribution in [-0.4, -0.2) is 23.3 Å². The summed E-state index contributed by atoms with van der Waals surface area (Å²) >= 11 is 1.70. The largest absolute Gasteiger partial charge is 0.484 e. The van der Waals surface area contributed by atoms with E-state index in [1.165, 1.54) is 11.6 Å². The Morgan fingerprint density at radius 2 is 1.80 bits per heavy atom. The molecule has 5 nitrogen and oxygen atoms in total. The van der Waals surface area contributed by atoms with Gasteiger partial charge in [0.2, 0.25) is 0 Å². The van der Waals surface area contributed by atoms with Gasteiger partial charge in [-0.25, -0.2) is 4.98 Å². The van der Waals surface area contributed by atoms with Crippen molar-refractivity contribution in [3.63, 3.8) is 0 Å². The first-order chi connectivity index (χ1) is 14.6. The number of amides is 1. The lowest BCUT2D eigenvalue weighted by Crippen LogP contribution is -2.20. The maximum atomic E-state index is 12.2. The van der Waals surface area contributed by atoms with Crippen LogP contribution < -0.4 is 10.1 Å². The predicted molar refractivity (Wildman–Crippen MR) is 119 cm³/mol. The molecule has 0 saturated carbocycles. The van der Waals surface area contributed by atoms with E-state index in [1.54, 1.807) is 35.6 Å². The van der Waals surface area contributed by atoms with Gasteiger partial charge in [0.1, 0.15) is 5.75 Å². The van der Waals surface area contributed by atoms with Crippen molar-refractivity contribution in [2.24, 2.45) is 0 Å². The summed E-state index contributed by atoms with van der Waals surface area (Å²) in [6.07, 6.45) is 0.753. The minimum atomic E-state index is -0.262. The molecule has 6 heteroatoms. The first-order valence-electron chi connectivity index (χ1n) is 9.54. The van der Waals surface area contributed by atoms with Gasteiger partial charge in [0, 0.05) is 17.7 Å². The average molecular weight is 417 g/mol. The molecule has 0 fully saturated rings. The van der Waals surface area contributed by atoms with Gasteiger partial charge in [-0.2, -0.15) is 0 Å². The van der Waals surface area contributed by atoms with E-state index < -0.39 is 0 Å².